The quantitative estimate of drug-likeness (QED) is 0.371. The molecule has 1 saturated heterocycles. The van der Waals surface area contributed by atoms with Gasteiger partial charge in [-0.25, -0.2) is 4.79 Å². The molecule has 1 heterocycles. The molecule has 2 rings (SSSR count). The largest absolute Gasteiger partial charge is 0.444 e. The lowest BCUT2D eigenvalue weighted by atomic mass is 9.98. The van der Waals surface area contributed by atoms with Crippen LogP contribution in [0.5, 0.6) is 0 Å². The average Bonchev–Trinajstić information content (AvgIpc) is 3.33. The highest BCUT2D eigenvalue weighted by Gasteiger charge is 2.27. The summed E-state index contributed by atoms with van der Waals surface area (Å²) in [6.45, 7) is 12.0. The van der Waals surface area contributed by atoms with Gasteiger partial charge in [0, 0.05) is 32.7 Å². The smallest absolute Gasteiger partial charge is 0.410 e. The first kappa shape index (κ1) is 22.3. The maximum Gasteiger partial charge on any atom is 0.410 e. The van der Waals surface area contributed by atoms with Gasteiger partial charge in [-0.05, 0) is 65.2 Å². The standard InChI is InChI=1S/C18H34N4O2.HI/c1-5-19-16(20-11-14-8-9-14)21-12-15-7-6-10-22(13-15)17(23)24-18(2,3)4;/h14-15H,5-13H2,1-4H3,(H2,19,20,21);1H. The third-order valence-corrected chi connectivity index (χ3v) is 4.28. The number of piperidine rings is 1. The van der Waals surface area contributed by atoms with E-state index < -0.39 is 5.60 Å². The number of hydrogen-bond donors (Lipinski definition) is 2. The van der Waals surface area contributed by atoms with Gasteiger partial charge in [-0.2, -0.15) is 0 Å². The summed E-state index contributed by atoms with van der Waals surface area (Å²) in [6, 6.07) is 0. The second kappa shape index (κ2) is 10.4. The van der Waals surface area contributed by atoms with Crippen LogP contribution in [0.4, 0.5) is 4.79 Å². The lowest BCUT2D eigenvalue weighted by molar-refractivity contribution is 0.0170. The molecule has 0 spiro atoms. The van der Waals surface area contributed by atoms with E-state index in [0.29, 0.717) is 5.92 Å². The van der Waals surface area contributed by atoms with Crippen LogP contribution in [0.3, 0.4) is 0 Å². The molecule has 0 aromatic rings. The van der Waals surface area contributed by atoms with Crippen LogP contribution in [0.15, 0.2) is 4.99 Å². The fourth-order valence-electron chi connectivity index (χ4n) is 2.83. The number of ether oxygens (including phenoxy) is 1. The minimum Gasteiger partial charge on any atom is -0.444 e. The number of halogens is 1. The van der Waals surface area contributed by atoms with Crippen molar-refractivity contribution in [1.82, 2.24) is 15.5 Å². The Morgan fingerprint density at radius 2 is 1.92 bits per heavy atom. The van der Waals surface area contributed by atoms with Gasteiger partial charge >= 0.3 is 6.09 Å². The zero-order chi connectivity index (χ0) is 17.6. The molecule has 1 aliphatic heterocycles. The predicted molar refractivity (Wildman–Crippen MR) is 113 cm³/mol. The molecular weight excluding hydrogens is 431 g/mol. The number of nitrogens with zero attached hydrogens (tertiary/aromatic N) is 2. The molecule has 146 valence electrons. The molecule has 1 aliphatic carbocycles. The van der Waals surface area contributed by atoms with Crippen LogP contribution in [0.25, 0.3) is 0 Å². The van der Waals surface area contributed by atoms with Crippen molar-refractivity contribution in [3.05, 3.63) is 0 Å². The lowest BCUT2D eigenvalue weighted by Crippen LogP contribution is -2.44. The molecular formula is C18H35IN4O2. The topological polar surface area (TPSA) is 66.0 Å². The summed E-state index contributed by atoms with van der Waals surface area (Å²) in [5.74, 6) is 2.13. The fraction of sp³-hybridized carbons (Fsp3) is 0.889. The Labute approximate surface area is 169 Å². The van der Waals surface area contributed by atoms with Crippen LogP contribution < -0.4 is 10.6 Å². The predicted octanol–water partition coefficient (Wildman–Crippen LogP) is 3.22. The number of carbonyl (C=O) groups is 1. The van der Waals surface area contributed by atoms with Crippen molar-refractivity contribution < 1.29 is 9.53 Å². The molecule has 2 aliphatic rings. The zero-order valence-corrected chi connectivity index (χ0v) is 18.5. The van der Waals surface area contributed by atoms with Crippen molar-refractivity contribution in [2.45, 2.75) is 59.0 Å². The summed E-state index contributed by atoms with van der Waals surface area (Å²) in [4.78, 5) is 18.8. The summed E-state index contributed by atoms with van der Waals surface area (Å²) in [6.07, 6.45) is 4.60. The van der Waals surface area contributed by atoms with E-state index in [1.807, 2.05) is 25.7 Å². The maximum absolute atomic E-state index is 12.2. The van der Waals surface area contributed by atoms with Gasteiger partial charge in [-0.1, -0.05) is 0 Å². The Morgan fingerprint density at radius 3 is 2.52 bits per heavy atom. The van der Waals surface area contributed by atoms with Crippen LogP contribution in [0.1, 0.15) is 53.4 Å². The van der Waals surface area contributed by atoms with Gasteiger partial charge in [0.15, 0.2) is 5.96 Å². The summed E-state index contributed by atoms with van der Waals surface area (Å²) >= 11 is 0. The molecule has 7 heteroatoms. The minimum atomic E-state index is -0.437. The van der Waals surface area contributed by atoms with E-state index in [0.717, 1.165) is 57.4 Å². The highest BCUT2D eigenvalue weighted by Crippen LogP contribution is 2.27. The van der Waals surface area contributed by atoms with Gasteiger partial charge in [0.1, 0.15) is 5.60 Å². The first-order valence-electron chi connectivity index (χ1n) is 9.37. The van der Waals surface area contributed by atoms with Crippen LogP contribution in [-0.4, -0.2) is 55.3 Å². The molecule has 2 fully saturated rings. The number of carbonyl (C=O) groups excluding carboxylic acids is 1. The van der Waals surface area contributed by atoms with Crippen LogP contribution in [0.2, 0.25) is 0 Å². The van der Waals surface area contributed by atoms with Gasteiger partial charge in [0.2, 0.25) is 0 Å². The molecule has 0 aromatic heterocycles. The van der Waals surface area contributed by atoms with E-state index in [9.17, 15) is 4.79 Å². The molecule has 25 heavy (non-hydrogen) atoms. The van der Waals surface area contributed by atoms with Crippen molar-refractivity contribution in [1.29, 1.82) is 0 Å². The maximum atomic E-state index is 12.2. The first-order valence-corrected chi connectivity index (χ1v) is 9.37. The molecule has 2 N–H and O–H groups in total. The van der Waals surface area contributed by atoms with E-state index in [2.05, 4.69) is 17.6 Å². The molecule has 1 unspecified atom stereocenters. The summed E-state index contributed by atoms with van der Waals surface area (Å²) in [5, 5.41) is 6.72. The van der Waals surface area contributed by atoms with Gasteiger partial charge < -0.3 is 20.3 Å². The molecule has 0 aromatic carbocycles. The Balaban J connectivity index is 0.00000312. The Bertz CT molecular complexity index is 447. The molecule has 0 radical (unpaired) electrons. The number of hydrogen-bond acceptors (Lipinski definition) is 3. The van der Waals surface area contributed by atoms with Crippen molar-refractivity contribution in [3.8, 4) is 0 Å². The van der Waals surface area contributed by atoms with Gasteiger partial charge in [0.05, 0.1) is 0 Å². The number of amides is 1. The second-order valence-electron chi connectivity index (χ2n) is 7.98. The summed E-state index contributed by atoms with van der Waals surface area (Å²) < 4.78 is 5.49. The minimum absolute atomic E-state index is 0. The molecule has 0 bridgehead atoms. The normalized spacial score (nSPS) is 21.4. The van der Waals surface area contributed by atoms with E-state index >= 15 is 0 Å². The average molecular weight is 466 g/mol. The van der Waals surface area contributed by atoms with E-state index in [-0.39, 0.29) is 30.1 Å². The van der Waals surface area contributed by atoms with Crippen molar-refractivity contribution >= 4 is 36.0 Å². The third-order valence-electron chi connectivity index (χ3n) is 4.28. The van der Waals surface area contributed by atoms with E-state index in [1.165, 1.54) is 12.8 Å². The number of likely N-dealkylation sites (tertiary alicyclic amines) is 1. The van der Waals surface area contributed by atoms with Crippen molar-refractivity contribution in [2.24, 2.45) is 16.8 Å². The Hall–Kier alpha value is -0.730. The van der Waals surface area contributed by atoms with Crippen LogP contribution in [0, 0.1) is 11.8 Å². The van der Waals surface area contributed by atoms with Gasteiger partial charge in [-0.15, -0.1) is 24.0 Å². The summed E-state index contributed by atoms with van der Waals surface area (Å²) in [7, 11) is 0. The molecule has 1 saturated carbocycles. The lowest BCUT2D eigenvalue weighted by Gasteiger charge is -2.33. The van der Waals surface area contributed by atoms with Crippen molar-refractivity contribution in [3.63, 3.8) is 0 Å². The van der Waals surface area contributed by atoms with Gasteiger partial charge in [0.25, 0.3) is 0 Å². The fourth-order valence-corrected chi connectivity index (χ4v) is 2.83. The SMILES string of the molecule is CCNC(=NCC1CCCN(C(=O)OC(C)(C)C)C1)NCC1CC1.I. The van der Waals surface area contributed by atoms with E-state index in [1.54, 1.807) is 0 Å². The first-order chi connectivity index (χ1) is 11.4. The number of guanidine groups is 1. The third kappa shape index (κ3) is 8.96. The highest BCUT2D eigenvalue weighted by molar-refractivity contribution is 14.0. The summed E-state index contributed by atoms with van der Waals surface area (Å²) in [5.41, 5.74) is -0.437. The highest BCUT2D eigenvalue weighted by atomic mass is 127. The Kier molecular flexibility index (Phi) is 9.30. The van der Waals surface area contributed by atoms with Crippen LogP contribution in [-0.2, 0) is 4.74 Å². The molecule has 6 nitrogen and oxygen atoms in total. The van der Waals surface area contributed by atoms with Crippen molar-refractivity contribution in [2.75, 3.05) is 32.7 Å². The zero-order valence-electron chi connectivity index (χ0n) is 16.1. The number of rotatable bonds is 5. The molecule has 1 atom stereocenters. The number of aliphatic imine (C=N–C) groups is 1. The van der Waals surface area contributed by atoms with Crippen LogP contribution >= 0.6 is 24.0 Å². The molecule has 1 amide bonds. The second-order valence-corrected chi connectivity index (χ2v) is 7.98. The van der Waals surface area contributed by atoms with E-state index in [4.69, 9.17) is 9.73 Å². The van der Waals surface area contributed by atoms with Gasteiger partial charge in [-0.3, -0.25) is 4.99 Å². The monoisotopic (exact) mass is 466 g/mol. The Morgan fingerprint density at radius 1 is 1.20 bits per heavy atom. The number of nitrogens with one attached hydrogen (secondary N) is 2.